The molecular formula is C29H30Cl2N4O3. The number of nitrogens with zero attached hydrogens (tertiary/aromatic N) is 3. The molecular weight excluding hydrogens is 523 g/mol. The van der Waals surface area contributed by atoms with Crippen LogP contribution < -0.4 is 15.6 Å². The van der Waals surface area contributed by atoms with Crippen molar-refractivity contribution in [2.75, 3.05) is 18.5 Å². The fourth-order valence-corrected chi connectivity index (χ4v) is 4.61. The molecule has 1 N–H and O–H groups in total. The van der Waals surface area contributed by atoms with Crippen molar-refractivity contribution >= 4 is 45.8 Å². The van der Waals surface area contributed by atoms with Gasteiger partial charge in [0.2, 0.25) is 0 Å². The Labute approximate surface area is 232 Å². The van der Waals surface area contributed by atoms with Crippen LogP contribution in [0.4, 0.5) is 10.5 Å². The van der Waals surface area contributed by atoms with Gasteiger partial charge in [0.1, 0.15) is 11.6 Å². The Morgan fingerprint density at radius 1 is 1.05 bits per heavy atom. The van der Waals surface area contributed by atoms with E-state index in [4.69, 9.17) is 32.9 Å². The van der Waals surface area contributed by atoms with Crippen molar-refractivity contribution in [2.24, 2.45) is 0 Å². The molecule has 1 unspecified atom stereocenters. The maximum atomic E-state index is 13.8. The molecule has 198 valence electrons. The highest BCUT2D eigenvalue weighted by Crippen LogP contribution is 2.31. The number of urea groups is 1. The van der Waals surface area contributed by atoms with Crippen molar-refractivity contribution in [3.05, 3.63) is 93.0 Å². The predicted octanol–water partition coefficient (Wildman–Crippen LogP) is 7.49. The lowest BCUT2D eigenvalue weighted by Crippen LogP contribution is -2.40. The first kappa shape index (κ1) is 27.5. The molecule has 4 aromatic rings. The summed E-state index contributed by atoms with van der Waals surface area (Å²) in [5.41, 5.74) is 1.39. The molecule has 0 aliphatic heterocycles. The predicted molar refractivity (Wildman–Crippen MR) is 154 cm³/mol. The van der Waals surface area contributed by atoms with Crippen LogP contribution >= 0.6 is 23.2 Å². The van der Waals surface area contributed by atoms with Gasteiger partial charge in [-0.05, 0) is 68.8 Å². The third kappa shape index (κ3) is 5.79. The van der Waals surface area contributed by atoms with Gasteiger partial charge >= 0.3 is 6.03 Å². The first-order valence-corrected chi connectivity index (χ1v) is 13.4. The summed E-state index contributed by atoms with van der Waals surface area (Å²) in [6.45, 7) is 6.83. The number of hydrogen-bond donors (Lipinski definition) is 1. The van der Waals surface area contributed by atoms with Crippen LogP contribution in [-0.4, -0.2) is 33.6 Å². The number of ether oxygens (including phenoxy) is 1. The number of rotatable bonds is 9. The molecule has 1 aromatic heterocycles. The Morgan fingerprint density at radius 2 is 1.79 bits per heavy atom. The monoisotopic (exact) mass is 552 g/mol. The summed E-state index contributed by atoms with van der Waals surface area (Å²) in [6, 6.07) is 18.6. The van der Waals surface area contributed by atoms with Crippen LogP contribution in [0.1, 0.15) is 45.5 Å². The van der Waals surface area contributed by atoms with Crippen LogP contribution in [-0.2, 0) is 0 Å². The molecule has 0 aliphatic rings. The Kier molecular flexibility index (Phi) is 8.92. The minimum atomic E-state index is -0.552. The first-order valence-electron chi connectivity index (χ1n) is 12.6. The smallest absolute Gasteiger partial charge is 0.322 e. The number of para-hydroxylation sites is 1. The van der Waals surface area contributed by atoms with Crippen molar-refractivity contribution in [1.29, 1.82) is 0 Å². The van der Waals surface area contributed by atoms with Crippen LogP contribution in [0.2, 0.25) is 10.0 Å². The third-order valence-electron chi connectivity index (χ3n) is 6.26. The number of carbonyl (C=O) groups excluding carboxylic acids is 1. The number of hydrogen-bond acceptors (Lipinski definition) is 4. The molecule has 7 nitrogen and oxygen atoms in total. The van der Waals surface area contributed by atoms with Gasteiger partial charge in [-0.15, -0.1) is 0 Å². The SMILES string of the molecule is CCCCN(C(=O)Nc1cccc(Cl)c1Cl)C(C)c1nc2ccccc2c(=O)n1-c1ccc(OCC)cc1. The molecule has 0 aliphatic carbocycles. The van der Waals surface area contributed by atoms with E-state index in [0.29, 0.717) is 52.0 Å². The summed E-state index contributed by atoms with van der Waals surface area (Å²) in [5.74, 6) is 1.15. The van der Waals surface area contributed by atoms with Gasteiger partial charge in [-0.25, -0.2) is 9.78 Å². The summed E-state index contributed by atoms with van der Waals surface area (Å²) < 4.78 is 7.15. The quantitative estimate of drug-likeness (QED) is 0.233. The number of nitrogens with one attached hydrogen (secondary N) is 1. The molecule has 3 aromatic carbocycles. The second-order valence-electron chi connectivity index (χ2n) is 8.81. The second kappa shape index (κ2) is 12.3. The van der Waals surface area contributed by atoms with E-state index in [1.54, 1.807) is 39.8 Å². The van der Waals surface area contributed by atoms with Crippen molar-refractivity contribution in [1.82, 2.24) is 14.5 Å². The van der Waals surface area contributed by atoms with Crippen LogP contribution in [0.25, 0.3) is 16.6 Å². The van der Waals surface area contributed by atoms with Gasteiger partial charge in [0.15, 0.2) is 0 Å². The van der Waals surface area contributed by atoms with Crippen LogP contribution in [0, 0.1) is 0 Å². The summed E-state index contributed by atoms with van der Waals surface area (Å²) >= 11 is 12.5. The lowest BCUT2D eigenvalue weighted by molar-refractivity contribution is 0.188. The van der Waals surface area contributed by atoms with Crippen molar-refractivity contribution in [3.8, 4) is 11.4 Å². The molecule has 2 amide bonds. The van der Waals surface area contributed by atoms with Crippen molar-refractivity contribution in [3.63, 3.8) is 0 Å². The molecule has 1 heterocycles. The Balaban J connectivity index is 1.81. The van der Waals surface area contributed by atoms with Gasteiger partial charge in [0.05, 0.1) is 45.0 Å². The Hall–Kier alpha value is -3.55. The number of anilines is 1. The summed E-state index contributed by atoms with van der Waals surface area (Å²) in [6.07, 6.45) is 1.65. The standard InChI is InChI=1S/C29H30Cl2N4O3/c1-4-6-18-34(29(37)33-25-13-9-11-23(30)26(25)31)19(3)27-32-24-12-8-7-10-22(24)28(36)35(27)20-14-16-21(17-15-20)38-5-2/h7-17,19H,4-6,18H2,1-3H3,(H,33,37). The Morgan fingerprint density at radius 3 is 2.50 bits per heavy atom. The molecule has 0 fully saturated rings. The maximum Gasteiger partial charge on any atom is 0.322 e. The summed E-state index contributed by atoms with van der Waals surface area (Å²) in [4.78, 5) is 33.9. The number of unbranched alkanes of at least 4 members (excludes halogenated alkanes) is 1. The van der Waals surface area contributed by atoms with E-state index >= 15 is 0 Å². The zero-order chi connectivity index (χ0) is 27.2. The normalized spacial score (nSPS) is 11.8. The van der Waals surface area contributed by atoms with E-state index < -0.39 is 6.04 Å². The van der Waals surface area contributed by atoms with Crippen molar-refractivity contribution < 1.29 is 9.53 Å². The number of carbonyl (C=O) groups is 1. The Bertz CT molecular complexity index is 1490. The molecule has 1 atom stereocenters. The van der Waals surface area contributed by atoms with E-state index in [-0.39, 0.29) is 16.6 Å². The molecule has 0 bridgehead atoms. The highest BCUT2D eigenvalue weighted by molar-refractivity contribution is 6.43. The van der Waals surface area contributed by atoms with Gasteiger partial charge in [-0.2, -0.15) is 0 Å². The van der Waals surface area contributed by atoms with Crippen LogP contribution in [0.3, 0.4) is 0 Å². The molecule has 0 saturated carbocycles. The average molecular weight is 553 g/mol. The fourth-order valence-electron chi connectivity index (χ4n) is 4.26. The van der Waals surface area contributed by atoms with E-state index in [1.165, 1.54) is 0 Å². The van der Waals surface area contributed by atoms with Gasteiger partial charge in [-0.3, -0.25) is 9.36 Å². The summed E-state index contributed by atoms with van der Waals surface area (Å²) in [7, 11) is 0. The lowest BCUT2D eigenvalue weighted by Gasteiger charge is -2.31. The topological polar surface area (TPSA) is 76.5 Å². The largest absolute Gasteiger partial charge is 0.494 e. The second-order valence-corrected chi connectivity index (χ2v) is 9.59. The highest BCUT2D eigenvalue weighted by Gasteiger charge is 2.27. The molecule has 0 saturated heterocycles. The van der Waals surface area contributed by atoms with E-state index in [2.05, 4.69) is 12.2 Å². The number of fused-ring (bicyclic) bond motifs is 1. The molecule has 0 spiro atoms. The van der Waals surface area contributed by atoms with E-state index in [9.17, 15) is 9.59 Å². The number of amides is 2. The lowest BCUT2D eigenvalue weighted by atomic mass is 10.1. The summed E-state index contributed by atoms with van der Waals surface area (Å²) in [5, 5.41) is 3.99. The molecule has 0 radical (unpaired) electrons. The highest BCUT2D eigenvalue weighted by atomic mass is 35.5. The molecule has 9 heteroatoms. The number of benzene rings is 3. The van der Waals surface area contributed by atoms with E-state index in [0.717, 1.165) is 12.8 Å². The van der Waals surface area contributed by atoms with Crippen molar-refractivity contribution in [2.45, 2.75) is 39.7 Å². The average Bonchev–Trinajstić information content (AvgIpc) is 2.92. The van der Waals surface area contributed by atoms with E-state index in [1.807, 2.05) is 50.2 Å². The van der Waals surface area contributed by atoms with Gasteiger partial charge in [-0.1, -0.05) is 54.7 Å². The zero-order valence-corrected chi connectivity index (χ0v) is 23.1. The number of aromatic nitrogens is 2. The fraction of sp³-hybridized carbons (Fsp3) is 0.276. The number of halogens is 2. The maximum absolute atomic E-state index is 13.8. The van der Waals surface area contributed by atoms with Crippen LogP contribution in [0.15, 0.2) is 71.5 Å². The molecule has 4 rings (SSSR count). The zero-order valence-electron chi connectivity index (χ0n) is 21.6. The minimum Gasteiger partial charge on any atom is -0.494 e. The van der Waals surface area contributed by atoms with Gasteiger partial charge in [0.25, 0.3) is 5.56 Å². The third-order valence-corrected chi connectivity index (χ3v) is 7.07. The van der Waals surface area contributed by atoms with Gasteiger partial charge in [0, 0.05) is 6.54 Å². The van der Waals surface area contributed by atoms with Crippen LogP contribution in [0.5, 0.6) is 5.75 Å². The first-order chi connectivity index (χ1) is 18.3. The van der Waals surface area contributed by atoms with Gasteiger partial charge < -0.3 is 15.0 Å². The minimum absolute atomic E-state index is 0.213. The molecule has 38 heavy (non-hydrogen) atoms.